The zero-order chi connectivity index (χ0) is 62.0. The molecule has 0 bridgehead atoms. The van der Waals surface area contributed by atoms with E-state index < -0.39 is 11.2 Å². The maximum atomic E-state index is 12.5. The first kappa shape index (κ1) is 66.7. The van der Waals surface area contributed by atoms with Gasteiger partial charge in [-0.3, -0.25) is 24.4 Å². The third-order valence-corrected chi connectivity index (χ3v) is 13.5. The van der Waals surface area contributed by atoms with Gasteiger partial charge in [-0.05, 0) is 263 Å². The van der Waals surface area contributed by atoms with Crippen molar-refractivity contribution in [3.8, 4) is 23.0 Å². The Hall–Kier alpha value is -9.83. The molecule has 0 radical (unpaired) electrons. The number of phenolic OH excluding ortho intramolecular Hbond substituents is 3. The third-order valence-electron chi connectivity index (χ3n) is 13.3. The average molecular weight is 1150 g/mol. The second-order valence-corrected chi connectivity index (χ2v) is 19.7. The topological polar surface area (TPSA) is 255 Å². The van der Waals surface area contributed by atoms with Gasteiger partial charge in [-0.25, -0.2) is 4.79 Å². The molecule has 9 rings (SSSR count). The molecule has 9 aromatic rings. The summed E-state index contributed by atoms with van der Waals surface area (Å²) in [4.78, 5) is 53.3. The van der Waals surface area contributed by atoms with Crippen molar-refractivity contribution in [3.63, 3.8) is 0 Å². The first-order valence-electron chi connectivity index (χ1n) is 26.4. The number of hydrogen-bond acceptors (Lipinski definition) is 12. The van der Waals surface area contributed by atoms with Crippen LogP contribution >= 0.6 is 11.6 Å². The fourth-order valence-electron chi connectivity index (χ4n) is 7.54. The first-order chi connectivity index (χ1) is 39.9. The molecule has 9 N–H and O–H groups in total. The van der Waals surface area contributed by atoms with Gasteiger partial charge in [-0.1, -0.05) is 36.4 Å². The Kier molecular flexibility index (Phi) is 26.3. The van der Waals surface area contributed by atoms with E-state index in [-0.39, 0.29) is 41.2 Å². The van der Waals surface area contributed by atoms with Gasteiger partial charge in [-0.15, -0.1) is 0 Å². The minimum absolute atomic E-state index is 0.0741. The number of nitrogens with zero attached hydrogens (tertiary/aromatic N) is 2. The number of carbonyl (C=O) groups excluding carboxylic acids is 3. The van der Waals surface area contributed by atoms with Crippen LogP contribution in [-0.2, 0) is 13.2 Å². The molecule has 15 nitrogen and oxygen atoms in total. The number of nitrogens with one attached hydrogen (secondary N) is 2. The number of hydrogen-bond donors (Lipinski definition) is 8. The van der Waals surface area contributed by atoms with Crippen LogP contribution in [0.1, 0.15) is 108 Å². The summed E-state index contributed by atoms with van der Waals surface area (Å²) < 4.78 is 5.88. The number of ether oxygens (including phenoxy) is 1. The molecular formula is C68H72ClN5O10. The lowest BCUT2D eigenvalue weighted by atomic mass is 10.1. The molecule has 0 unspecified atom stereocenters. The smallest absolute Gasteiger partial charge is 0.335 e. The number of benzene rings is 7. The number of nitrogen functional groups attached to an aromatic ring is 1. The van der Waals surface area contributed by atoms with Crippen LogP contribution < -0.4 is 21.1 Å². The number of rotatable bonds is 10. The highest BCUT2D eigenvalue weighted by molar-refractivity contribution is 6.67. The number of phenols is 3. The average Bonchev–Trinajstić information content (AvgIpc) is 3.49. The number of pyridine rings is 2. The number of carboxylic acids is 1. The summed E-state index contributed by atoms with van der Waals surface area (Å²) in [5, 5.41) is 49.3. The second-order valence-electron chi connectivity index (χ2n) is 19.4. The van der Waals surface area contributed by atoms with Crippen molar-refractivity contribution in [2.45, 2.75) is 82.5 Å². The summed E-state index contributed by atoms with van der Waals surface area (Å²) in [5.74, 6) is -0.210. The van der Waals surface area contributed by atoms with E-state index in [0.29, 0.717) is 23.3 Å². The van der Waals surface area contributed by atoms with E-state index in [4.69, 9.17) is 42.5 Å². The SMILES string of the molecule is Cc1cccc(N)c1C.Cc1cccc(NC(=O)c2ccc(O)cc2)c1C.Cc1cccc(NC(=O)c2ccc(OCc3c(C)cncc3C)cc2)c1C.Cc1cncc(C)c1CO.O=C(Cl)c1ccc(O)cc1.O=C(O)c1ccc(O)cc1. The molecule has 0 saturated carbocycles. The lowest BCUT2D eigenvalue weighted by Crippen LogP contribution is -2.13. The van der Waals surface area contributed by atoms with E-state index in [0.717, 1.165) is 78.4 Å². The van der Waals surface area contributed by atoms with Gasteiger partial charge in [0, 0.05) is 58.5 Å². The molecule has 0 saturated heterocycles. The third kappa shape index (κ3) is 21.2. The molecule has 0 spiro atoms. The normalized spacial score (nSPS) is 9.95. The molecule has 0 fully saturated rings. The van der Waals surface area contributed by atoms with Gasteiger partial charge >= 0.3 is 5.97 Å². The van der Waals surface area contributed by atoms with Gasteiger partial charge in [-0.2, -0.15) is 0 Å². The zero-order valence-electron chi connectivity index (χ0n) is 48.8. The van der Waals surface area contributed by atoms with Crippen molar-refractivity contribution in [3.05, 3.63) is 265 Å². The number of aliphatic hydroxyl groups is 1. The predicted octanol–water partition coefficient (Wildman–Crippen LogP) is 14.3. The number of nitrogens with two attached hydrogens (primary N) is 1. The van der Waals surface area contributed by atoms with Crippen LogP contribution in [0.15, 0.2) is 176 Å². The van der Waals surface area contributed by atoms with Gasteiger partial charge in [0.2, 0.25) is 0 Å². The number of carbonyl (C=O) groups is 4. The van der Waals surface area contributed by atoms with Crippen LogP contribution in [0.2, 0.25) is 0 Å². The van der Waals surface area contributed by atoms with Crippen molar-refractivity contribution in [2.24, 2.45) is 0 Å². The van der Waals surface area contributed by atoms with E-state index in [1.165, 1.54) is 71.8 Å². The Balaban J connectivity index is 0.000000230. The molecule has 0 aliphatic carbocycles. The number of carboxylic acid groups (broad SMARTS) is 1. The summed E-state index contributed by atoms with van der Waals surface area (Å²) in [7, 11) is 0. The van der Waals surface area contributed by atoms with Crippen LogP contribution in [0, 0.1) is 69.2 Å². The highest BCUT2D eigenvalue weighted by Gasteiger charge is 2.11. The van der Waals surface area contributed by atoms with Crippen molar-refractivity contribution >= 4 is 51.7 Å². The second kappa shape index (κ2) is 33.2. The summed E-state index contributed by atoms with van der Waals surface area (Å²) >= 11 is 5.13. The van der Waals surface area contributed by atoms with Gasteiger partial charge in [0.15, 0.2) is 0 Å². The van der Waals surface area contributed by atoms with Crippen molar-refractivity contribution in [2.75, 3.05) is 16.4 Å². The number of aromatic hydroxyl groups is 3. The van der Waals surface area contributed by atoms with Crippen LogP contribution in [0.25, 0.3) is 0 Å². The molecule has 2 aromatic heterocycles. The highest BCUT2D eigenvalue weighted by atomic mass is 35.5. The highest BCUT2D eigenvalue weighted by Crippen LogP contribution is 2.23. The quantitative estimate of drug-likeness (QED) is 0.0469. The van der Waals surface area contributed by atoms with E-state index in [1.807, 2.05) is 135 Å². The number of halogens is 1. The van der Waals surface area contributed by atoms with E-state index >= 15 is 0 Å². The number of anilines is 3. The molecule has 0 aliphatic rings. The Labute approximate surface area is 496 Å². The zero-order valence-corrected chi connectivity index (χ0v) is 49.5. The standard InChI is InChI=1S/C23H24N2O2.C15H15NO2.C8H11NO.C8H11N.C7H5ClO2.C7H6O3/c1-15-6-5-7-22(18(15)4)25-23(26)19-8-10-20(11-9-19)27-14-21-16(2)12-24-13-17(21)3;1-10-4-3-5-14(11(10)2)16-15(18)12-6-8-13(17)9-7-12;1-6-3-9-4-7(2)8(6)5-10;1-6-4-3-5-8(9)7(6)2;8-7(10)5-1-3-6(9)4-2-5;8-6-3-1-5(2-4-6)7(9)10/h5-13H,14H2,1-4H3,(H,25,26);3-9,17H,1-2H3,(H,16,18);3-4,10H,5H2,1-2H3;3-5H,9H2,1-2H3;1-4,9H;1-4,8H,(H,9,10). The minimum atomic E-state index is -0.986. The largest absolute Gasteiger partial charge is 0.508 e. The van der Waals surface area contributed by atoms with Gasteiger partial charge in [0.25, 0.3) is 17.1 Å². The molecule has 0 aliphatic heterocycles. The molecule has 16 heteroatoms. The number of aryl methyl sites for hydroxylation is 7. The van der Waals surface area contributed by atoms with Gasteiger partial charge in [0.05, 0.1) is 12.2 Å². The molecule has 2 amide bonds. The number of aromatic nitrogens is 2. The predicted molar refractivity (Wildman–Crippen MR) is 334 cm³/mol. The monoisotopic (exact) mass is 1150 g/mol. The lowest BCUT2D eigenvalue weighted by Gasteiger charge is -2.12. The van der Waals surface area contributed by atoms with Crippen LogP contribution in [0.4, 0.5) is 17.1 Å². The van der Waals surface area contributed by atoms with Crippen LogP contribution in [-0.4, -0.2) is 58.5 Å². The molecule has 2 heterocycles. The minimum Gasteiger partial charge on any atom is -0.508 e. The fraction of sp³-hybridized carbons (Fsp3) is 0.176. The van der Waals surface area contributed by atoms with Crippen LogP contribution in [0.5, 0.6) is 23.0 Å². The van der Waals surface area contributed by atoms with Gasteiger partial charge in [0.1, 0.15) is 29.6 Å². The summed E-state index contributed by atoms with van der Waals surface area (Å²) in [6, 6.07) is 42.1. The maximum absolute atomic E-state index is 12.5. The molecule has 7 aromatic carbocycles. The number of amides is 2. The lowest BCUT2D eigenvalue weighted by molar-refractivity contribution is 0.0696. The van der Waals surface area contributed by atoms with E-state index in [2.05, 4.69) is 33.6 Å². The van der Waals surface area contributed by atoms with Crippen LogP contribution in [0.3, 0.4) is 0 Å². The molecule has 0 atom stereocenters. The molecular weight excluding hydrogens is 1080 g/mol. The van der Waals surface area contributed by atoms with Crippen molar-refractivity contribution in [1.82, 2.24) is 9.97 Å². The van der Waals surface area contributed by atoms with E-state index in [9.17, 15) is 24.3 Å². The number of aromatic carboxylic acids is 1. The van der Waals surface area contributed by atoms with E-state index in [1.54, 1.807) is 36.7 Å². The van der Waals surface area contributed by atoms with Gasteiger partial charge < -0.3 is 46.6 Å². The summed E-state index contributed by atoms with van der Waals surface area (Å²) in [6.07, 6.45) is 7.20. The molecule has 84 heavy (non-hydrogen) atoms. The fourth-order valence-corrected chi connectivity index (χ4v) is 7.66. The Morgan fingerprint density at radius 3 is 1.14 bits per heavy atom. The maximum Gasteiger partial charge on any atom is 0.335 e. The summed E-state index contributed by atoms with van der Waals surface area (Å²) in [5.41, 5.74) is 23.2. The Bertz CT molecular complexity index is 3510. The number of aliphatic hydroxyl groups excluding tert-OH is 1. The van der Waals surface area contributed by atoms with Crippen molar-refractivity contribution < 1.29 is 49.4 Å². The first-order valence-corrected chi connectivity index (χ1v) is 26.8. The molecule has 436 valence electrons. The Morgan fingerprint density at radius 1 is 0.452 bits per heavy atom. The summed E-state index contributed by atoms with van der Waals surface area (Å²) in [6.45, 7) is 20.7. The Morgan fingerprint density at radius 2 is 0.798 bits per heavy atom. The van der Waals surface area contributed by atoms with Crippen molar-refractivity contribution in [1.29, 1.82) is 0 Å².